The summed E-state index contributed by atoms with van der Waals surface area (Å²) in [6.07, 6.45) is 3.73. The molecule has 1 aromatic heterocycles. The Labute approximate surface area is 65.6 Å². The van der Waals surface area contributed by atoms with Crippen molar-refractivity contribution in [3.63, 3.8) is 0 Å². The molecule has 0 unspecified atom stereocenters. The van der Waals surface area contributed by atoms with Gasteiger partial charge in [0.05, 0.1) is 0 Å². The fourth-order valence-electron chi connectivity index (χ4n) is 0.823. The number of rotatable bonds is 1. The van der Waals surface area contributed by atoms with E-state index < -0.39 is 0 Å². The molecule has 0 radical (unpaired) electrons. The zero-order valence-corrected chi connectivity index (χ0v) is 6.72. The first-order valence-corrected chi connectivity index (χ1v) is 3.56. The molecule has 0 aliphatic carbocycles. The molecule has 0 aliphatic heterocycles. The van der Waals surface area contributed by atoms with E-state index in [9.17, 15) is 4.79 Å². The van der Waals surface area contributed by atoms with Gasteiger partial charge in [0.25, 0.3) is 0 Å². The van der Waals surface area contributed by atoms with Crippen molar-refractivity contribution in [1.29, 1.82) is 0 Å². The average molecular weight is 149 g/mol. The van der Waals surface area contributed by atoms with E-state index >= 15 is 0 Å². The lowest BCUT2D eigenvalue weighted by atomic mass is 10.1. The molecule has 1 N–H and O–H groups in total. The zero-order chi connectivity index (χ0) is 8.27. The van der Waals surface area contributed by atoms with Gasteiger partial charge in [-0.1, -0.05) is 6.08 Å². The topological polar surface area (TPSA) is 32.9 Å². The standard InChI is InChI=1S/C9H11NO/c1-3-7(2)8-4-5-9(11)10-6-8/h3-6H,1-2H3,(H,10,11)/b7-3+. The van der Waals surface area contributed by atoms with E-state index in [0.717, 1.165) is 5.56 Å². The smallest absolute Gasteiger partial charge is 0.247 e. The highest BCUT2D eigenvalue weighted by Crippen LogP contribution is 2.08. The number of aromatic nitrogens is 1. The minimum Gasteiger partial charge on any atom is -0.329 e. The SMILES string of the molecule is C/C=C(\C)c1ccc(=O)[nH]c1. The quantitative estimate of drug-likeness (QED) is 0.648. The van der Waals surface area contributed by atoms with Crippen LogP contribution in [0.15, 0.2) is 29.2 Å². The minimum absolute atomic E-state index is 0.0577. The summed E-state index contributed by atoms with van der Waals surface area (Å²) in [7, 11) is 0. The molecule has 0 amide bonds. The van der Waals surface area contributed by atoms with Gasteiger partial charge in [-0.05, 0) is 31.1 Å². The number of hydrogen-bond donors (Lipinski definition) is 1. The molecular weight excluding hydrogens is 138 g/mol. The molecule has 0 fully saturated rings. The predicted octanol–water partition coefficient (Wildman–Crippen LogP) is 1.80. The second kappa shape index (κ2) is 3.19. The van der Waals surface area contributed by atoms with Gasteiger partial charge in [-0.25, -0.2) is 0 Å². The summed E-state index contributed by atoms with van der Waals surface area (Å²) < 4.78 is 0. The Morgan fingerprint density at radius 1 is 1.55 bits per heavy atom. The van der Waals surface area contributed by atoms with Crippen molar-refractivity contribution in [2.24, 2.45) is 0 Å². The summed E-state index contributed by atoms with van der Waals surface area (Å²) in [6, 6.07) is 3.34. The predicted molar refractivity (Wildman–Crippen MR) is 46.4 cm³/mol. The number of nitrogens with one attached hydrogen (secondary N) is 1. The fraction of sp³-hybridized carbons (Fsp3) is 0.222. The normalized spacial score (nSPS) is 11.6. The van der Waals surface area contributed by atoms with E-state index in [2.05, 4.69) is 4.98 Å². The molecular formula is C9H11NO. The first-order valence-electron chi connectivity index (χ1n) is 3.56. The number of pyridine rings is 1. The van der Waals surface area contributed by atoms with E-state index in [-0.39, 0.29) is 5.56 Å². The van der Waals surface area contributed by atoms with Crippen LogP contribution in [-0.2, 0) is 0 Å². The van der Waals surface area contributed by atoms with Crippen molar-refractivity contribution in [3.8, 4) is 0 Å². The summed E-state index contributed by atoms with van der Waals surface area (Å²) in [4.78, 5) is 13.3. The van der Waals surface area contributed by atoms with E-state index in [0.29, 0.717) is 0 Å². The number of H-pyrrole nitrogens is 1. The van der Waals surface area contributed by atoms with E-state index in [1.54, 1.807) is 6.20 Å². The number of aromatic amines is 1. The lowest BCUT2D eigenvalue weighted by Gasteiger charge is -1.97. The molecule has 0 saturated heterocycles. The van der Waals surface area contributed by atoms with Crippen molar-refractivity contribution in [3.05, 3.63) is 40.3 Å². The number of allylic oxidation sites excluding steroid dienone is 2. The van der Waals surface area contributed by atoms with Crippen LogP contribution >= 0.6 is 0 Å². The lowest BCUT2D eigenvalue weighted by Crippen LogP contribution is -2.01. The Kier molecular flexibility index (Phi) is 2.26. The lowest BCUT2D eigenvalue weighted by molar-refractivity contribution is 1.22. The molecule has 2 heteroatoms. The van der Waals surface area contributed by atoms with Gasteiger partial charge in [0.15, 0.2) is 0 Å². The van der Waals surface area contributed by atoms with Crippen LogP contribution in [0.2, 0.25) is 0 Å². The molecule has 11 heavy (non-hydrogen) atoms. The van der Waals surface area contributed by atoms with Crippen molar-refractivity contribution in [2.75, 3.05) is 0 Å². The summed E-state index contributed by atoms with van der Waals surface area (Å²) in [5.74, 6) is 0. The third-order valence-corrected chi connectivity index (χ3v) is 1.67. The Balaban J connectivity index is 3.09. The first kappa shape index (κ1) is 7.79. The highest BCUT2D eigenvalue weighted by atomic mass is 16.1. The van der Waals surface area contributed by atoms with Gasteiger partial charge in [-0.2, -0.15) is 0 Å². The summed E-state index contributed by atoms with van der Waals surface area (Å²) >= 11 is 0. The van der Waals surface area contributed by atoms with E-state index in [4.69, 9.17) is 0 Å². The van der Waals surface area contributed by atoms with Crippen molar-refractivity contribution >= 4 is 5.57 Å². The van der Waals surface area contributed by atoms with Gasteiger partial charge in [0.1, 0.15) is 0 Å². The molecule has 1 aromatic rings. The van der Waals surface area contributed by atoms with Crippen molar-refractivity contribution in [2.45, 2.75) is 13.8 Å². The zero-order valence-electron chi connectivity index (χ0n) is 6.72. The Bertz CT molecular complexity index is 302. The van der Waals surface area contributed by atoms with Crippen LogP contribution in [0.25, 0.3) is 5.57 Å². The molecule has 58 valence electrons. The van der Waals surface area contributed by atoms with Crippen LogP contribution < -0.4 is 5.56 Å². The second-order valence-electron chi connectivity index (χ2n) is 2.41. The third-order valence-electron chi connectivity index (χ3n) is 1.67. The highest BCUT2D eigenvalue weighted by Gasteiger charge is 1.91. The van der Waals surface area contributed by atoms with Gasteiger partial charge in [-0.3, -0.25) is 4.79 Å². The summed E-state index contributed by atoms with van der Waals surface area (Å²) in [6.45, 7) is 3.98. The van der Waals surface area contributed by atoms with Gasteiger partial charge >= 0.3 is 0 Å². The van der Waals surface area contributed by atoms with Crippen molar-refractivity contribution in [1.82, 2.24) is 4.98 Å². The summed E-state index contributed by atoms with van der Waals surface area (Å²) in [5, 5.41) is 0. The molecule has 0 spiro atoms. The molecule has 0 aliphatic rings. The van der Waals surface area contributed by atoms with Crippen LogP contribution in [0.4, 0.5) is 0 Å². The Hall–Kier alpha value is -1.31. The Morgan fingerprint density at radius 3 is 2.73 bits per heavy atom. The van der Waals surface area contributed by atoms with Crippen LogP contribution in [0.5, 0.6) is 0 Å². The first-order chi connectivity index (χ1) is 5.24. The monoisotopic (exact) mass is 149 g/mol. The van der Waals surface area contributed by atoms with Crippen LogP contribution in [-0.4, -0.2) is 4.98 Å². The third kappa shape index (κ3) is 1.80. The molecule has 0 saturated carbocycles. The van der Waals surface area contributed by atoms with Gasteiger partial charge in [0.2, 0.25) is 5.56 Å². The maximum atomic E-state index is 10.7. The molecule has 2 nitrogen and oxygen atoms in total. The average Bonchev–Trinajstić information content (AvgIpc) is 2.05. The van der Waals surface area contributed by atoms with E-state index in [1.807, 2.05) is 26.0 Å². The van der Waals surface area contributed by atoms with Crippen LogP contribution in [0, 0.1) is 0 Å². The largest absolute Gasteiger partial charge is 0.329 e. The van der Waals surface area contributed by atoms with Gasteiger partial charge < -0.3 is 4.98 Å². The van der Waals surface area contributed by atoms with Gasteiger partial charge in [0, 0.05) is 12.3 Å². The maximum absolute atomic E-state index is 10.7. The van der Waals surface area contributed by atoms with Crippen LogP contribution in [0.1, 0.15) is 19.4 Å². The number of hydrogen-bond acceptors (Lipinski definition) is 1. The molecule has 1 heterocycles. The molecule has 0 atom stereocenters. The molecule has 1 rings (SSSR count). The Morgan fingerprint density at radius 2 is 2.27 bits per heavy atom. The van der Waals surface area contributed by atoms with Crippen molar-refractivity contribution < 1.29 is 0 Å². The maximum Gasteiger partial charge on any atom is 0.247 e. The molecule has 0 aromatic carbocycles. The second-order valence-corrected chi connectivity index (χ2v) is 2.41. The molecule has 0 bridgehead atoms. The summed E-state index contributed by atoms with van der Waals surface area (Å²) in [5.41, 5.74) is 2.17. The van der Waals surface area contributed by atoms with Crippen LogP contribution in [0.3, 0.4) is 0 Å². The minimum atomic E-state index is -0.0577. The highest BCUT2D eigenvalue weighted by molar-refractivity contribution is 5.62. The van der Waals surface area contributed by atoms with E-state index in [1.165, 1.54) is 11.6 Å². The fourth-order valence-corrected chi connectivity index (χ4v) is 0.823. The van der Waals surface area contributed by atoms with Gasteiger partial charge in [-0.15, -0.1) is 0 Å².